The third kappa shape index (κ3) is 0.713. The smallest absolute Gasteiger partial charge is 0.181 e. The van der Waals surface area contributed by atoms with Gasteiger partial charge in [-0.1, -0.05) is 12.2 Å². The van der Waals surface area contributed by atoms with Crippen LogP contribution < -0.4 is 0 Å². The molecule has 0 aromatic heterocycles. The van der Waals surface area contributed by atoms with Crippen molar-refractivity contribution in [3.8, 4) is 0 Å². The van der Waals surface area contributed by atoms with Crippen molar-refractivity contribution in [1.29, 1.82) is 0 Å². The van der Waals surface area contributed by atoms with Crippen LogP contribution in [0.2, 0.25) is 0 Å². The van der Waals surface area contributed by atoms with Gasteiger partial charge in [0.25, 0.3) is 0 Å². The molecule has 0 heterocycles. The molecule has 42 valence electrons. The Kier molecular flexibility index (Phi) is 1.29. The van der Waals surface area contributed by atoms with E-state index in [1.807, 2.05) is 19.1 Å². The molecule has 0 unspecified atom stereocenters. The van der Waals surface area contributed by atoms with E-state index in [4.69, 9.17) is 0 Å². The minimum atomic E-state index is 0.174. The van der Waals surface area contributed by atoms with Gasteiger partial charge in [-0.3, -0.25) is 4.79 Å². The molecule has 0 aliphatic heterocycles. The zero-order valence-electron chi connectivity index (χ0n) is 4.85. The second-order valence-corrected chi connectivity index (χ2v) is 1.78. The van der Waals surface area contributed by atoms with E-state index in [2.05, 4.69) is 0 Å². The average molecular weight is 108 g/mol. The van der Waals surface area contributed by atoms with Crippen molar-refractivity contribution in [2.45, 2.75) is 13.3 Å². The van der Waals surface area contributed by atoms with Gasteiger partial charge >= 0.3 is 0 Å². The third-order valence-electron chi connectivity index (χ3n) is 1.27. The predicted octanol–water partition coefficient (Wildman–Crippen LogP) is 1.46. The van der Waals surface area contributed by atoms with Crippen LogP contribution in [-0.4, -0.2) is 5.78 Å². The lowest BCUT2D eigenvalue weighted by Crippen LogP contribution is -1.88. The van der Waals surface area contributed by atoms with E-state index in [1.54, 1.807) is 6.08 Å². The fraction of sp³-hybridized carbons (Fsp3) is 0.286. The van der Waals surface area contributed by atoms with Crippen molar-refractivity contribution < 1.29 is 4.79 Å². The minimum Gasteiger partial charge on any atom is -0.290 e. The molecule has 1 nitrogen and oxygen atoms in total. The van der Waals surface area contributed by atoms with Gasteiger partial charge in [0.2, 0.25) is 0 Å². The SMILES string of the molecule is C/C=C1\CC=CC1=O. The average Bonchev–Trinajstić information content (AvgIpc) is 2.14. The Morgan fingerprint density at radius 2 is 2.50 bits per heavy atom. The molecule has 1 heteroatoms. The number of hydrogen-bond donors (Lipinski definition) is 0. The number of carbonyl (C=O) groups is 1. The quantitative estimate of drug-likeness (QED) is 0.429. The summed E-state index contributed by atoms with van der Waals surface area (Å²) in [4.78, 5) is 10.7. The van der Waals surface area contributed by atoms with Gasteiger partial charge in [0.1, 0.15) is 0 Å². The van der Waals surface area contributed by atoms with Crippen LogP contribution in [0.3, 0.4) is 0 Å². The Hall–Kier alpha value is -0.850. The van der Waals surface area contributed by atoms with Crippen molar-refractivity contribution in [3.05, 3.63) is 23.8 Å². The van der Waals surface area contributed by atoms with E-state index in [0.717, 1.165) is 12.0 Å². The molecule has 0 amide bonds. The predicted molar refractivity (Wildman–Crippen MR) is 32.5 cm³/mol. The molecule has 1 rings (SSSR count). The normalized spacial score (nSPS) is 23.1. The molecule has 8 heavy (non-hydrogen) atoms. The number of rotatable bonds is 0. The van der Waals surface area contributed by atoms with Crippen LogP contribution in [0.25, 0.3) is 0 Å². The van der Waals surface area contributed by atoms with E-state index in [-0.39, 0.29) is 5.78 Å². The van der Waals surface area contributed by atoms with Gasteiger partial charge in [0.05, 0.1) is 0 Å². The zero-order chi connectivity index (χ0) is 5.98. The van der Waals surface area contributed by atoms with Crippen molar-refractivity contribution in [2.75, 3.05) is 0 Å². The molecule has 0 aromatic rings. The Morgan fingerprint density at radius 1 is 1.75 bits per heavy atom. The third-order valence-corrected chi connectivity index (χ3v) is 1.27. The summed E-state index contributed by atoms with van der Waals surface area (Å²) in [6.45, 7) is 1.89. The molecule has 0 radical (unpaired) electrons. The number of carbonyl (C=O) groups excluding carboxylic acids is 1. The monoisotopic (exact) mass is 108 g/mol. The highest BCUT2D eigenvalue weighted by molar-refractivity contribution is 6.06. The van der Waals surface area contributed by atoms with Gasteiger partial charge in [-0.05, 0) is 25.0 Å². The van der Waals surface area contributed by atoms with Crippen molar-refractivity contribution >= 4 is 5.78 Å². The molecule has 0 atom stereocenters. The Labute approximate surface area is 48.7 Å². The summed E-state index contributed by atoms with van der Waals surface area (Å²) >= 11 is 0. The summed E-state index contributed by atoms with van der Waals surface area (Å²) in [6, 6.07) is 0. The Bertz CT molecular complexity index is 163. The molecular weight excluding hydrogens is 100 g/mol. The number of ketones is 1. The summed E-state index contributed by atoms with van der Waals surface area (Å²) in [7, 11) is 0. The standard InChI is InChI=1S/C7H8O/c1-2-6-4-3-5-7(6)8/h2-3,5H,4H2,1H3/b6-2+. The molecule has 0 spiro atoms. The molecule has 0 bridgehead atoms. The summed E-state index contributed by atoms with van der Waals surface area (Å²) in [5.41, 5.74) is 0.921. The number of allylic oxidation sites excluding steroid dienone is 4. The van der Waals surface area contributed by atoms with E-state index in [9.17, 15) is 4.79 Å². The van der Waals surface area contributed by atoms with Gasteiger partial charge in [-0.25, -0.2) is 0 Å². The fourth-order valence-electron chi connectivity index (χ4n) is 0.761. The molecule has 0 saturated carbocycles. The summed E-state index contributed by atoms with van der Waals surface area (Å²) in [5, 5.41) is 0. The Balaban J connectivity index is 2.79. The second-order valence-electron chi connectivity index (χ2n) is 1.78. The fourth-order valence-corrected chi connectivity index (χ4v) is 0.761. The van der Waals surface area contributed by atoms with Crippen LogP contribution in [0.15, 0.2) is 23.8 Å². The van der Waals surface area contributed by atoms with E-state index in [0.29, 0.717) is 0 Å². The molecule has 0 N–H and O–H groups in total. The molecule has 0 aromatic carbocycles. The topological polar surface area (TPSA) is 17.1 Å². The first-order valence-electron chi connectivity index (χ1n) is 2.70. The van der Waals surface area contributed by atoms with Gasteiger partial charge in [-0.15, -0.1) is 0 Å². The molecular formula is C7H8O. The lowest BCUT2D eigenvalue weighted by Gasteiger charge is -1.85. The minimum absolute atomic E-state index is 0.174. The van der Waals surface area contributed by atoms with E-state index >= 15 is 0 Å². The first-order valence-corrected chi connectivity index (χ1v) is 2.70. The number of hydrogen-bond acceptors (Lipinski definition) is 1. The summed E-state index contributed by atoms with van der Waals surface area (Å²) < 4.78 is 0. The lowest BCUT2D eigenvalue weighted by molar-refractivity contribution is -0.111. The van der Waals surface area contributed by atoms with Crippen molar-refractivity contribution in [2.24, 2.45) is 0 Å². The van der Waals surface area contributed by atoms with Gasteiger partial charge in [0.15, 0.2) is 5.78 Å². The molecule has 0 fully saturated rings. The maximum Gasteiger partial charge on any atom is 0.181 e. The first-order chi connectivity index (χ1) is 3.84. The lowest BCUT2D eigenvalue weighted by atomic mass is 10.2. The summed E-state index contributed by atoms with van der Waals surface area (Å²) in [6.07, 6.45) is 6.20. The van der Waals surface area contributed by atoms with E-state index < -0.39 is 0 Å². The second kappa shape index (κ2) is 1.95. The largest absolute Gasteiger partial charge is 0.290 e. The zero-order valence-corrected chi connectivity index (χ0v) is 4.85. The van der Waals surface area contributed by atoms with Crippen LogP contribution in [-0.2, 0) is 4.79 Å². The highest BCUT2D eigenvalue weighted by Crippen LogP contribution is 2.11. The molecule has 1 aliphatic rings. The highest BCUT2D eigenvalue weighted by atomic mass is 16.1. The van der Waals surface area contributed by atoms with Crippen LogP contribution in [0.5, 0.6) is 0 Å². The molecule has 0 saturated heterocycles. The van der Waals surface area contributed by atoms with Gasteiger partial charge in [-0.2, -0.15) is 0 Å². The Morgan fingerprint density at radius 3 is 2.75 bits per heavy atom. The van der Waals surface area contributed by atoms with Crippen molar-refractivity contribution in [1.82, 2.24) is 0 Å². The van der Waals surface area contributed by atoms with Crippen LogP contribution >= 0.6 is 0 Å². The maximum absolute atomic E-state index is 10.7. The highest BCUT2D eigenvalue weighted by Gasteiger charge is 2.07. The van der Waals surface area contributed by atoms with Gasteiger partial charge < -0.3 is 0 Å². The van der Waals surface area contributed by atoms with Gasteiger partial charge in [0, 0.05) is 0 Å². The van der Waals surface area contributed by atoms with Crippen LogP contribution in [0.4, 0.5) is 0 Å². The van der Waals surface area contributed by atoms with E-state index in [1.165, 1.54) is 0 Å². The summed E-state index contributed by atoms with van der Waals surface area (Å²) in [5.74, 6) is 0.174. The maximum atomic E-state index is 10.7. The first kappa shape index (κ1) is 5.29. The van der Waals surface area contributed by atoms with Crippen LogP contribution in [0.1, 0.15) is 13.3 Å². The van der Waals surface area contributed by atoms with Crippen molar-refractivity contribution in [3.63, 3.8) is 0 Å². The van der Waals surface area contributed by atoms with Crippen LogP contribution in [0, 0.1) is 0 Å². The molecule has 1 aliphatic carbocycles.